The van der Waals surface area contributed by atoms with Gasteiger partial charge in [0.2, 0.25) is 0 Å². The Kier molecular flexibility index (Phi) is 4.25. The molecule has 1 aliphatic heterocycles. The van der Waals surface area contributed by atoms with E-state index in [0.29, 0.717) is 5.41 Å². The lowest BCUT2D eigenvalue weighted by atomic mass is 9.89. The highest BCUT2D eigenvalue weighted by molar-refractivity contribution is 5.16. The molecule has 1 aromatic rings. The molecule has 0 aromatic carbocycles. The van der Waals surface area contributed by atoms with Crippen molar-refractivity contribution in [3.05, 3.63) is 42.3 Å². The van der Waals surface area contributed by atoms with Crippen molar-refractivity contribution >= 4 is 0 Å². The molecule has 0 saturated heterocycles. The third-order valence-electron chi connectivity index (χ3n) is 3.61. The van der Waals surface area contributed by atoms with Crippen LogP contribution in [-0.4, -0.2) is 27.8 Å². The standard InChI is InChI=1S/C16H25N3/c1-5-9-19-12-15(14(2)17-19)11-18-10-7-6-8-16(3,4)13-18/h5-7,12H,1,8-11,13H2,2-4H3. The summed E-state index contributed by atoms with van der Waals surface area (Å²) in [6.07, 6.45) is 9.80. The zero-order valence-electron chi connectivity index (χ0n) is 12.4. The summed E-state index contributed by atoms with van der Waals surface area (Å²) in [6.45, 7) is 14.5. The van der Waals surface area contributed by atoms with Crippen molar-refractivity contribution in [3.63, 3.8) is 0 Å². The number of rotatable bonds is 4. The Bertz CT molecular complexity index is 468. The van der Waals surface area contributed by atoms with Crippen molar-refractivity contribution in [3.8, 4) is 0 Å². The maximum atomic E-state index is 4.53. The van der Waals surface area contributed by atoms with Gasteiger partial charge in [0.1, 0.15) is 0 Å². The second-order valence-corrected chi connectivity index (χ2v) is 6.26. The van der Waals surface area contributed by atoms with Crippen LogP contribution in [0.3, 0.4) is 0 Å². The van der Waals surface area contributed by atoms with Gasteiger partial charge in [0.15, 0.2) is 0 Å². The second-order valence-electron chi connectivity index (χ2n) is 6.26. The van der Waals surface area contributed by atoms with E-state index in [9.17, 15) is 0 Å². The van der Waals surface area contributed by atoms with Crippen LogP contribution in [0.2, 0.25) is 0 Å². The van der Waals surface area contributed by atoms with Gasteiger partial charge < -0.3 is 0 Å². The fourth-order valence-electron chi connectivity index (χ4n) is 2.66. The summed E-state index contributed by atoms with van der Waals surface area (Å²) in [5.41, 5.74) is 2.82. The van der Waals surface area contributed by atoms with E-state index < -0.39 is 0 Å². The molecule has 2 rings (SSSR count). The van der Waals surface area contributed by atoms with Crippen molar-refractivity contribution in [1.29, 1.82) is 0 Å². The number of nitrogens with zero attached hydrogens (tertiary/aromatic N) is 3. The number of aryl methyl sites for hydroxylation is 1. The number of aromatic nitrogens is 2. The lowest BCUT2D eigenvalue weighted by Gasteiger charge is -2.29. The summed E-state index contributed by atoms with van der Waals surface area (Å²) < 4.78 is 1.97. The minimum atomic E-state index is 0.359. The molecular formula is C16H25N3. The molecule has 0 N–H and O–H groups in total. The van der Waals surface area contributed by atoms with E-state index in [1.165, 1.54) is 5.56 Å². The van der Waals surface area contributed by atoms with Gasteiger partial charge in [0.05, 0.1) is 12.2 Å². The molecule has 2 heterocycles. The lowest BCUT2D eigenvalue weighted by molar-refractivity contribution is 0.195. The fraction of sp³-hybridized carbons (Fsp3) is 0.562. The number of hydrogen-bond donors (Lipinski definition) is 0. The lowest BCUT2D eigenvalue weighted by Crippen LogP contribution is -2.32. The highest BCUT2D eigenvalue weighted by Gasteiger charge is 2.23. The molecule has 3 heteroatoms. The SMILES string of the molecule is C=CCn1cc(CN2CC=CCC(C)(C)C2)c(C)n1. The van der Waals surface area contributed by atoms with Gasteiger partial charge in [-0.05, 0) is 18.8 Å². The Labute approximate surface area is 116 Å². The van der Waals surface area contributed by atoms with Gasteiger partial charge in [-0.3, -0.25) is 9.58 Å². The largest absolute Gasteiger partial charge is 0.295 e. The van der Waals surface area contributed by atoms with Crippen LogP contribution in [0.25, 0.3) is 0 Å². The molecule has 0 aliphatic carbocycles. The molecule has 0 unspecified atom stereocenters. The first-order valence-corrected chi connectivity index (χ1v) is 7.01. The first-order chi connectivity index (χ1) is 9.00. The molecule has 19 heavy (non-hydrogen) atoms. The zero-order chi connectivity index (χ0) is 13.9. The van der Waals surface area contributed by atoms with Crippen LogP contribution in [-0.2, 0) is 13.1 Å². The average Bonchev–Trinajstić information content (AvgIpc) is 2.55. The highest BCUT2D eigenvalue weighted by Crippen LogP contribution is 2.25. The average molecular weight is 259 g/mol. The molecular weight excluding hydrogens is 234 g/mol. The predicted octanol–water partition coefficient (Wildman–Crippen LogP) is 3.17. The van der Waals surface area contributed by atoms with Crippen LogP contribution in [0.15, 0.2) is 31.0 Å². The zero-order valence-corrected chi connectivity index (χ0v) is 12.4. The monoisotopic (exact) mass is 259 g/mol. The van der Waals surface area contributed by atoms with Crippen molar-refractivity contribution in [2.24, 2.45) is 5.41 Å². The molecule has 3 nitrogen and oxygen atoms in total. The van der Waals surface area contributed by atoms with E-state index in [1.54, 1.807) is 0 Å². The summed E-state index contributed by atoms with van der Waals surface area (Å²) in [5, 5.41) is 4.53. The summed E-state index contributed by atoms with van der Waals surface area (Å²) in [4.78, 5) is 2.51. The molecule has 0 amide bonds. The quantitative estimate of drug-likeness (QED) is 0.774. The second kappa shape index (κ2) is 5.74. The van der Waals surface area contributed by atoms with Gasteiger partial charge in [-0.1, -0.05) is 32.1 Å². The van der Waals surface area contributed by atoms with Gasteiger partial charge in [0, 0.05) is 31.4 Å². The molecule has 1 aromatic heterocycles. The van der Waals surface area contributed by atoms with Crippen LogP contribution in [0, 0.1) is 12.3 Å². The highest BCUT2D eigenvalue weighted by atomic mass is 15.3. The predicted molar refractivity (Wildman–Crippen MR) is 80.0 cm³/mol. The molecule has 0 radical (unpaired) electrons. The molecule has 0 fully saturated rings. The maximum Gasteiger partial charge on any atom is 0.0638 e. The molecule has 104 valence electrons. The van der Waals surface area contributed by atoms with Crippen LogP contribution >= 0.6 is 0 Å². The fourth-order valence-corrected chi connectivity index (χ4v) is 2.66. The Balaban J connectivity index is 2.07. The van der Waals surface area contributed by atoms with Gasteiger partial charge in [0.25, 0.3) is 0 Å². The van der Waals surface area contributed by atoms with Crippen LogP contribution in [0.1, 0.15) is 31.5 Å². The number of allylic oxidation sites excluding steroid dienone is 2. The molecule has 0 bridgehead atoms. The molecule has 0 saturated carbocycles. The Morgan fingerprint density at radius 2 is 2.21 bits per heavy atom. The van der Waals surface area contributed by atoms with Gasteiger partial charge in [-0.15, -0.1) is 6.58 Å². The summed E-state index contributed by atoms with van der Waals surface area (Å²) in [6, 6.07) is 0. The maximum absolute atomic E-state index is 4.53. The molecule has 1 aliphatic rings. The van der Waals surface area contributed by atoms with Crippen LogP contribution in [0.5, 0.6) is 0 Å². The summed E-state index contributed by atoms with van der Waals surface area (Å²) in [7, 11) is 0. The molecule has 0 atom stereocenters. The van der Waals surface area contributed by atoms with Gasteiger partial charge in [-0.25, -0.2) is 0 Å². The van der Waals surface area contributed by atoms with E-state index in [1.807, 2.05) is 10.8 Å². The summed E-state index contributed by atoms with van der Waals surface area (Å²) in [5.74, 6) is 0. The third kappa shape index (κ3) is 3.80. The van der Waals surface area contributed by atoms with E-state index in [2.05, 4.69) is 55.7 Å². The van der Waals surface area contributed by atoms with Crippen molar-refractivity contribution in [1.82, 2.24) is 14.7 Å². The van der Waals surface area contributed by atoms with Gasteiger partial charge >= 0.3 is 0 Å². The minimum absolute atomic E-state index is 0.359. The van der Waals surface area contributed by atoms with Crippen molar-refractivity contribution in [2.45, 2.75) is 40.3 Å². The Hall–Kier alpha value is -1.35. The first-order valence-electron chi connectivity index (χ1n) is 7.01. The topological polar surface area (TPSA) is 21.1 Å². The van der Waals surface area contributed by atoms with Crippen molar-refractivity contribution in [2.75, 3.05) is 13.1 Å². The number of hydrogen-bond acceptors (Lipinski definition) is 2. The first kappa shape index (κ1) is 14.1. The Morgan fingerprint density at radius 1 is 1.42 bits per heavy atom. The third-order valence-corrected chi connectivity index (χ3v) is 3.61. The van der Waals surface area contributed by atoms with Crippen LogP contribution < -0.4 is 0 Å². The summed E-state index contributed by atoms with van der Waals surface area (Å²) >= 11 is 0. The molecule has 0 spiro atoms. The van der Waals surface area contributed by atoms with E-state index >= 15 is 0 Å². The Morgan fingerprint density at radius 3 is 2.95 bits per heavy atom. The van der Waals surface area contributed by atoms with E-state index in [-0.39, 0.29) is 0 Å². The smallest absolute Gasteiger partial charge is 0.0638 e. The van der Waals surface area contributed by atoms with Crippen molar-refractivity contribution < 1.29 is 0 Å². The van der Waals surface area contributed by atoms with Gasteiger partial charge in [-0.2, -0.15) is 5.10 Å². The van der Waals surface area contributed by atoms with E-state index in [0.717, 1.165) is 38.3 Å². The van der Waals surface area contributed by atoms with E-state index in [4.69, 9.17) is 0 Å². The van der Waals surface area contributed by atoms with Crippen LogP contribution in [0.4, 0.5) is 0 Å². The minimum Gasteiger partial charge on any atom is -0.295 e. The normalized spacial score (nSPS) is 19.3.